The zero-order chi connectivity index (χ0) is 16.7. The average Bonchev–Trinajstić information content (AvgIpc) is 2.95. The first-order chi connectivity index (χ1) is 10.3. The minimum absolute atomic E-state index is 0.0640. The monoisotopic (exact) mass is 350 g/mol. The van der Waals surface area contributed by atoms with Crippen LogP contribution in [0.5, 0.6) is 0 Å². The van der Waals surface area contributed by atoms with E-state index in [4.69, 9.17) is 10.2 Å². The van der Waals surface area contributed by atoms with Crippen molar-refractivity contribution in [2.45, 2.75) is 56.0 Å². The van der Waals surface area contributed by atoms with Gasteiger partial charge in [-0.2, -0.15) is 11.8 Å². The minimum atomic E-state index is -0.923. The lowest BCUT2D eigenvalue weighted by Gasteiger charge is -2.16. The summed E-state index contributed by atoms with van der Waals surface area (Å²) < 4.78 is 0. The van der Waals surface area contributed by atoms with Crippen LogP contribution in [0.15, 0.2) is 0 Å². The third kappa shape index (κ3) is 6.45. The van der Waals surface area contributed by atoms with E-state index in [1.54, 1.807) is 0 Å². The van der Waals surface area contributed by atoms with Crippen molar-refractivity contribution in [1.82, 2.24) is 10.6 Å². The molecule has 2 amide bonds. The zero-order valence-corrected chi connectivity index (χ0v) is 14.0. The molecule has 0 aromatic heterocycles. The average molecular weight is 350 g/mol. The highest BCUT2D eigenvalue weighted by Gasteiger charge is 2.42. The van der Waals surface area contributed by atoms with Crippen molar-refractivity contribution in [2.24, 2.45) is 0 Å². The second-order valence-corrected chi connectivity index (χ2v) is 6.99. The quantitative estimate of drug-likeness (QED) is 0.272. The fraction of sp³-hybridized carbons (Fsp3) is 0.769. The van der Waals surface area contributed by atoms with Gasteiger partial charge in [0.2, 0.25) is 5.12 Å². The van der Waals surface area contributed by atoms with Gasteiger partial charge in [0.1, 0.15) is 6.10 Å². The van der Waals surface area contributed by atoms with Gasteiger partial charge in [-0.1, -0.05) is 6.42 Å². The Labute approximate surface area is 139 Å². The number of aliphatic carboxylic acids is 1. The highest BCUT2D eigenvalue weighted by molar-refractivity contribution is 8.00. The maximum absolute atomic E-state index is 11.1. The molecule has 4 atom stereocenters. The Hall–Kier alpha value is -0.930. The molecule has 2 aliphatic rings. The van der Waals surface area contributed by atoms with E-state index in [1.807, 2.05) is 11.8 Å². The molecule has 9 heteroatoms. The van der Waals surface area contributed by atoms with Gasteiger partial charge in [0.25, 0.3) is 0 Å². The number of carboxylic acid groups (broad SMARTS) is 1. The number of amides is 2. The maximum atomic E-state index is 11.1. The number of carbonyl (C=O) groups excluding carboxylic acids is 2. The van der Waals surface area contributed by atoms with Crippen LogP contribution in [0.25, 0.3) is 0 Å². The topological polar surface area (TPSA) is 116 Å². The molecule has 2 aliphatic heterocycles. The van der Waals surface area contributed by atoms with E-state index in [-0.39, 0.29) is 24.5 Å². The minimum Gasteiger partial charge on any atom is -0.481 e. The van der Waals surface area contributed by atoms with Gasteiger partial charge < -0.3 is 20.8 Å². The summed E-state index contributed by atoms with van der Waals surface area (Å²) in [5, 5.41) is 22.5. The molecule has 2 rings (SSSR count). The van der Waals surface area contributed by atoms with E-state index in [2.05, 4.69) is 23.3 Å². The number of nitrogens with one attached hydrogen (secondary N) is 2. The number of aliphatic hydroxyl groups excluding tert-OH is 1. The molecule has 0 aromatic rings. The largest absolute Gasteiger partial charge is 0.481 e. The molecule has 0 spiro atoms. The molecule has 1 unspecified atom stereocenters. The van der Waals surface area contributed by atoms with Crippen molar-refractivity contribution in [1.29, 1.82) is 0 Å². The smallest absolute Gasteiger partial charge is 0.315 e. The van der Waals surface area contributed by atoms with Crippen LogP contribution in [0, 0.1) is 0 Å². The van der Waals surface area contributed by atoms with Crippen molar-refractivity contribution in [3.8, 4) is 0 Å². The predicted octanol–water partition coefficient (Wildman–Crippen LogP) is 0.620. The van der Waals surface area contributed by atoms with E-state index in [0.717, 1.165) is 25.0 Å². The molecule has 2 saturated heterocycles. The van der Waals surface area contributed by atoms with Crippen LogP contribution < -0.4 is 10.6 Å². The second-order valence-electron chi connectivity index (χ2n) is 5.28. The van der Waals surface area contributed by atoms with Crippen LogP contribution in [0.3, 0.4) is 0 Å². The number of fused-ring (bicyclic) bond motifs is 1. The number of hydrogen-bond donors (Lipinski definition) is 5. The summed E-state index contributed by atoms with van der Waals surface area (Å²) in [7, 11) is 0. The van der Waals surface area contributed by atoms with Crippen LogP contribution in [0.2, 0.25) is 0 Å². The molecule has 0 radical (unpaired) electrons. The van der Waals surface area contributed by atoms with Crippen LogP contribution in [0.4, 0.5) is 4.79 Å². The molecule has 22 heavy (non-hydrogen) atoms. The summed E-state index contributed by atoms with van der Waals surface area (Å²) in [6.07, 6.45) is 1.96. The number of urea groups is 1. The van der Waals surface area contributed by atoms with Crippen molar-refractivity contribution >= 4 is 41.5 Å². The van der Waals surface area contributed by atoms with Gasteiger partial charge in [0, 0.05) is 17.4 Å². The Balaban J connectivity index is 0.000000346. The lowest BCUT2D eigenvalue weighted by atomic mass is 10.0. The van der Waals surface area contributed by atoms with Crippen molar-refractivity contribution in [3.05, 3.63) is 0 Å². The zero-order valence-electron chi connectivity index (χ0n) is 12.3. The number of carbonyl (C=O) groups is 3. The van der Waals surface area contributed by atoms with E-state index >= 15 is 0 Å². The van der Waals surface area contributed by atoms with Crippen molar-refractivity contribution in [3.63, 3.8) is 0 Å². The number of thiol groups is 1. The molecule has 126 valence electrons. The Morgan fingerprint density at radius 2 is 2.05 bits per heavy atom. The second kappa shape index (κ2) is 9.26. The first kappa shape index (κ1) is 19.1. The number of thioether (sulfide) groups is 1. The summed E-state index contributed by atoms with van der Waals surface area (Å²) in [6, 6.07) is 0.440. The lowest BCUT2D eigenvalue weighted by molar-refractivity contribution is -0.137. The van der Waals surface area contributed by atoms with E-state index in [0.29, 0.717) is 5.25 Å². The highest BCUT2D eigenvalue weighted by Crippen LogP contribution is 2.33. The molecule has 2 fully saturated rings. The molecule has 2 heterocycles. The van der Waals surface area contributed by atoms with Gasteiger partial charge in [0.15, 0.2) is 0 Å². The molecule has 7 nitrogen and oxygen atoms in total. The van der Waals surface area contributed by atoms with E-state index < -0.39 is 17.2 Å². The molecular weight excluding hydrogens is 328 g/mol. The summed E-state index contributed by atoms with van der Waals surface area (Å²) in [6.45, 7) is 1.37. The van der Waals surface area contributed by atoms with Crippen molar-refractivity contribution < 1.29 is 24.6 Å². The molecule has 0 saturated carbocycles. The van der Waals surface area contributed by atoms with Crippen LogP contribution >= 0.6 is 24.4 Å². The number of unbranched alkanes of at least 4 members (excludes halogenated alkanes) is 1. The standard InChI is InChI=1S/C10H16N2O3S.C3H6O2S/c13-8(14)4-2-1-3-7-9-6(5-16-7)11-10(15)12-9;1-2(4)3(5)6/h6-7,9H,1-5H2,(H,13,14)(H2,11,12,15);2,4H,1H3,(H,5,6)/t6-,7-,9-;/m0./s1. The normalized spacial score (nSPS) is 27.0. The Morgan fingerprint density at radius 1 is 1.41 bits per heavy atom. The number of carboxylic acids is 1. The first-order valence-electron chi connectivity index (χ1n) is 7.12. The molecular formula is C13H22N2O5S2. The van der Waals surface area contributed by atoms with Gasteiger partial charge >= 0.3 is 12.0 Å². The number of aliphatic hydroxyl groups is 1. The fourth-order valence-corrected chi connectivity index (χ4v) is 3.81. The van der Waals surface area contributed by atoms with Gasteiger partial charge in [-0.15, -0.1) is 12.6 Å². The van der Waals surface area contributed by atoms with Crippen LogP contribution in [-0.4, -0.2) is 56.5 Å². The van der Waals surface area contributed by atoms with Gasteiger partial charge in [-0.05, 0) is 19.8 Å². The summed E-state index contributed by atoms with van der Waals surface area (Å²) in [4.78, 5) is 31.2. The Kier molecular flexibility index (Phi) is 8.05. The number of hydrogen-bond acceptors (Lipinski definition) is 5. The summed E-state index contributed by atoms with van der Waals surface area (Å²) in [5.41, 5.74) is 0. The van der Waals surface area contributed by atoms with Crippen LogP contribution in [0.1, 0.15) is 32.6 Å². The van der Waals surface area contributed by atoms with Crippen LogP contribution in [-0.2, 0) is 9.59 Å². The number of rotatable bonds is 6. The summed E-state index contributed by atoms with van der Waals surface area (Å²) in [5.74, 6) is 0.236. The highest BCUT2D eigenvalue weighted by atomic mass is 32.2. The first-order valence-corrected chi connectivity index (χ1v) is 8.62. The Bertz CT molecular complexity index is 419. The molecule has 4 N–H and O–H groups in total. The lowest BCUT2D eigenvalue weighted by Crippen LogP contribution is -2.36. The molecule has 0 bridgehead atoms. The summed E-state index contributed by atoms with van der Waals surface area (Å²) >= 11 is 5.17. The molecule has 0 aliphatic carbocycles. The predicted molar refractivity (Wildman–Crippen MR) is 87.3 cm³/mol. The third-order valence-electron chi connectivity index (χ3n) is 3.42. The van der Waals surface area contributed by atoms with Gasteiger partial charge in [-0.3, -0.25) is 9.59 Å². The van der Waals surface area contributed by atoms with E-state index in [1.165, 1.54) is 6.92 Å². The Morgan fingerprint density at radius 3 is 2.59 bits per heavy atom. The SMILES string of the molecule is CC(O)C(=O)S.O=C(O)CCCC[C@@H]1SC[C@@H]2NC(=O)N[C@@H]21. The maximum Gasteiger partial charge on any atom is 0.315 e. The fourth-order valence-electron chi connectivity index (χ4n) is 2.26. The van der Waals surface area contributed by atoms with Gasteiger partial charge in [0.05, 0.1) is 12.1 Å². The van der Waals surface area contributed by atoms with Gasteiger partial charge in [-0.25, -0.2) is 4.79 Å². The van der Waals surface area contributed by atoms with E-state index in [9.17, 15) is 14.4 Å². The third-order valence-corrected chi connectivity index (χ3v) is 5.31. The van der Waals surface area contributed by atoms with Crippen molar-refractivity contribution in [2.75, 3.05) is 5.75 Å². The molecule has 0 aromatic carbocycles.